The number of hydrogen-bond acceptors (Lipinski definition) is 4. The molecule has 1 aliphatic carbocycles. The molecular formula is C13H19N3O3. The highest BCUT2D eigenvalue weighted by Crippen LogP contribution is 2.26. The number of hydrogen-bond donors (Lipinski definition) is 3. The van der Waals surface area contributed by atoms with Crippen LogP contribution in [0.2, 0.25) is 0 Å². The summed E-state index contributed by atoms with van der Waals surface area (Å²) in [7, 11) is 0. The van der Waals surface area contributed by atoms with Crippen LogP contribution in [-0.4, -0.2) is 23.0 Å². The van der Waals surface area contributed by atoms with Crippen molar-refractivity contribution in [2.75, 3.05) is 0 Å². The molecule has 1 fully saturated rings. The van der Waals surface area contributed by atoms with Gasteiger partial charge in [-0.15, -0.1) is 0 Å². The van der Waals surface area contributed by atoms with Crippen molar-refractivity contribution in [1.29, 1.82) is 0 Å². The smallest absolute Gasteiger partial charge is 0.287 e. The molecule has 1 amide bonds. The van der Waals surface area contributed by atoms with Crippen LogP contribution in [0.4, 0.5) is 0 Å². The van der Waals surface area contributed by atoms with E-state index in [1.54, 1.807) is 12.1 Å². The monoisotopic (exact) mass is 265 g/mol. The second kappa shape index (κ2) is 6.26. The Morgan fingerprint density at radius 3 is 2.79 bits per heavy atom. The van der Waals surface area contributed by atoms with Crippen LogP contribution in [0.25, 0.3) is 0 Å². The van der Waals surface area contributed by atoms with Gasteiger partial charge in [0.2, 0.25) is 0 Å². The van der Waals surface area contributed by atoms with Crippen molar-refractivity contribution >= 4 is 11.7 Å². The fourth-order valence-corrected chi connectivity index (χ4v) is 2.58. The Balaban J connectivity index is 2.07. The van der Waals surface area contributed by atoms with Gasteiger partial charge in [0.25, 0.3) is 5.91 Å². The van der Waals surface area contributed by atoms with Crippen LogP contribution >= 0.6 is 0 Å². The third-order valence-corrected chi connectivity index (χ3v) is 3.59. The van der Waals surface area contributed by atoms with Gasteiger partial charge < -0.3 is 20.7 Å². The fraction of sp³-hybridized carbons (Fsp3) is 0.538. The third kappa shape index (κ3) is 3.27. The molecular weight excluding hydrogens is 246 g/mol. The van der Waals surface area contributed by atoms with Crippen LogP contribution in [0.15, 0.2) is 28.0 Å². The largest absolute Gasteiger partial charge is 0.459 e. The highest BCUT2D eigenvalue weighted by molar-refractivity contribution is 5.96. The summed E-state index contributed by atoms with van der Waals surface area (Å²) in [5, 5.41) is 14.7. The van der Waals surface area contributed by atoms with Crippen LogP contribution in [0.1, 0.15) is 42.7 Å². The molecule has 104 valence electrons. The zero-order valence-electron chi connectivity index (χ0n) is 10.7. The van der Waals surface area contributed by atoms with Crippen molar-refractivity contribution in [1.82, 2.24) is 5.32 Å². The lowest BCUT2D eigenvalue weighted by molar-refractivity contribution is 0.0902. The van der Waals surface area contributed by atoms with E-state index in [-0.39, 0.29) is 23.4 Å². The van der Waals surface area contributed by atoms with Gasteiger partial charge in [-0.3, -0.25) is 4.79 Å². The first-order valence-corrected chi connectivity index (χ1v) is 6.54. The summed E-state index contributed by atoms with van der Waals surface area (Å²) < 4.78 is 5.04. The van der Waals surface area contributed by atoms with Gasteiger partial charge in [0, 0.05) is 0 Å². The lowest BCUT2D eigenvalue weighted by atomic mass is 9.83. The van der Waals surface area contributed by atoms with E-state index in [4.69, 9.17) is 15.4 Å². The second-order valence-electron chi connectivity index (χ2n) is 4.85. The standard InChI is InChI=1S/C13H19N3O3/c14-12(16-18)11(9-5-2-1-3-6-9)15-13(17)10-7-4-8-19-10/h4,7-9,11,18H,1-3,5-6H2,(H2,14,16)(H,15,17). The molecule has 1 saturated carbocycles. The number of nitrogens with zero attached hydrogens (tertiary/aromatic N) is 1. The first-order valence-electron chi connectivity index (χ1n) is 6.54. The Morgan fingerprint density at radius 1 is 1.47 bits per heavy atom. The van der Waals surface area contributed by atoms with Gasteiger partial charge in [-0.25, -0.2) is 0 Å². The number of rotatable bonds is 4. The van der Waals surface area contributed by atoms with Crippen molar-refractivity contribution in [3.05, 3.63) is 24.2 Å². The Labute approximate surface area is 111 Å². The van der Waals surface area contributed by atoms with Crippen LogP contribution < -0.4 is 11.1 Å². The number of oxime groups is 1. The summed E-state index contributed by atoms with van der Waals surface area (Å²) >= 11 is 0. The summed E-state index contributed by atoms with van der Waals surface area (Å²) in [5.74, 6) is 0.147. The molecule has 19 heavy (non-hydrogen) atoms. The molecule has 6 heteroatoms. The number of amidine groups is 1. The van der Waals surface area contributed by atoms with Crippen molar-refractivity contribution < 1.29 is 14.4 Å². The third-order valence-electron chi connectivity index (χ3n) is 3.59. The van der Waals surface area contributed by atoms with E-state index in [9.17, 15) is 4.79 Å². The SMILES string of the molecule is N/C(=N\O)C(NC(=O)c1ccco1)C1CCCCC1. The number of carbonyl (C=O) groups excluding carboxylic acids is 1. The maximum Gasteiger partial charge on any atom is 0.287 e. The average Bonchev–Trinajstić information content (AvgIpc) is 2.99. The first-order chi connectivity index (χ1) is 9.22. The topological polar surface area (TPSA) is 101 Å². The van der Waals surface area contributed by atoms with E-state index in [1.165, 1.54) is 12.7 Å². The summed E-state index contributed by atoms with van der Waals surface area (Å²) in [6.07, 6.45) is 6.80. The van der Waals surface area contributed by atoms with Gasteiger partial charge in [-0.05, 0) is 30.9 Å². The summed E-state index contributed by atoms with van der Waals surface area (Å²) in [6.45, 7) is 0. The van der Waals surface area contributed by atoms with Crippen molar-refractivity contribution in [3.63, 3.8) is 0 Å². The molecule has 0 spiro atoms. The number of amides is 1. The normalized spacial score (nSPS) is 19.1. The quantitative estimate of drug-likeness (QED) is 0.334. The van der Waals surface area contributed by atoms with Gasteiger partial charge in [-0.1, -0.05) is 24.4 Å². The van der Waals surface area contributed by atoms with Gasteiger partial charge in [0.15, 0.2) is 11.6 Å². The molecule has 0 radical (unpaired) electrons. The van der Waals surface area contributed by atoms with Gasteiger partial charge in [0.05, 0.1) is 12.3 Å². The molecule has 0 bridgehead atoms. The summed E-state index contributed by atoms with van der Waals surface area (Å²) in [6, 6.07) is 2.79. The number of nitrogens with one attached hydrogen (secondary N) is 1. The molecule has 6 nitrogen and oxygen atoms in total. The van der Waals surface area contributed by atoms with Crippen LogP contribution in [-0.2, 0) is 0 Å². The van der Waals surface area contributed by atoms with Crippen LogP contribution in [0.5, 0.6) is 0 Å². The Bertz CT molecular complexity index is 436. The second-order valence-corrected chi connectivity index (χ2v) is 4.85. The molecule has 2 rings (SSSR count). The highest BCUT2D eigenvalue weighted by atomic mass is 16.4. The predicted octanol–water partition coefficient (Wildman–Crippen LogP) is 1.70. The Hall–Kier alpha value is -1.98. The number of carbonyl (C=O) groups is 1. The summed E-state index contributed by atoms with van der Waals surface area (Å²) in [4.78, 5) is 12.0. The Morgan fingerprint density at radius 2 is 2.21 bits per heavy atom. The van der Waals surface area contributed by atoms with E-state index in [1.807, 2.05) is 0 Å². The molecule has 1 aromatic rings. The zero-order chi connectivity index (χ0) is 13.7. The van der Waals surface area contributed by atoms with E-state index in [0.29, 0.717) is 0 Å². The molecule has 0 aliphatic heterocycles. The minimum Gasteiger partial charge on any atom is -0.459 e. The molecule has 0 aromatic carbocycles. The molecule has 1 aliphatic rings. The maximum atomic E-state index is 12.0. The van der Waals surface area contributed by atoms with Crippen molar-refractivity contribution in [2.24, 2.45) is 16.8 Å². The highest BCUT2D eigenvalue weighted by Gasteiger charge is 2.29. The zero-order valence-corrected chi connectivity index (χ0v) is 10.7. The molecule has 1 unspecified atom stereocenters. The number of furan rings is 1. The summed E-state index contributed by atoms with van der Waals surface area (Å²) in [5.41, 5.74) is 5.70. The molecule has 1 atom stereocenters. The van der Waals surface area contributed by atoms with E-state index in [0.717, 1.165) is 25.7 Å². The molecule has 1 heterocycles. The van der Waals surface area contributed by atoms with E-state index < -0.39 is 6.04 Å². The van der Waals surface area contributed by atoms with Crippen LogP contribution in [0.3, 0.4) is 0 Å². The van der Waals surface area contributed by atoms with Gasteiger partial charge in [-0.2, -0.15) is 0 Å². The molecule has 4 N–H and O–H groups in total. The first kappa shape index (κ1) is 13.5. The van der Waals surface area contributed by atoms with E-state index in [2.05, 4.69) is 10.5 Å². The predicted molar refractivity (Wildman–Crippen MR) is 69.9 cm³/mol. The number of nitrogens with two attached hydrogens (primary N) is 1. The van der Waals surface area contributed by atoms with Gasteiger partial charge >= 0.3 is 0 Å². The average molecular weight is 265 g/mol. The lowest BCUT2D eigenvalue weighted by Crippen LogP contribution is -2.49. The van der Waals surface area contributed by atoms with Crippen LogP contribution in [0, 0.1) is 5.92 Å². The molecule has 1 aromatic heterocycles. The van der Waals surface area contributed by atoms with Crippen molar-refractivity contribution in [2.45, 2.75) is 38.1 Å². The Kier molecular flexibility index (Phi) is 4.43. The maximum absolute atomic E-state index is 12.0. The van der Waals surface area contributed by atoms with Crippen molar-refractivity contribution in [3.8, 4) is 0 Å². The minimum absolute atomic E-state index is 0.0480. The fourth-order valence-electron chi connectivity index (χ4n) is 2.58. The minimum atomic E-state index is -0.442. The lowest BCUT2D eigenvalue weighted by Gasteiger charge is -2.29. The van der Waals surface area contributed by atoms with E-state index >= 15 is 0 Å². The van der Waals surface area contributed by atoms with Gasteiger partial charge in [0.1, 0.15) is 0 Å². The molecule has 0 saturated heterocycles.